The third kappa shape index (κ3) is 3.18. The Morgan fingerprint density at radius 1 is 1.22 bits per heavy atom. The van der Waals surface area contributed by atoms with Crippen LogP contribution in [0.3, 0.4) is 0 Å². The van der Waals surface area contributed by atoms with Crippen molar-refractivity contribution in [2.75, 3.05) is 5.32 Å². The van der Waals surface area contributed by atoms with E-state index in [1.54, 1.807) is 42.7 Å². The molecule has 4 nitrogen and oxygen atoms in total. The molecule has 18 heavy (non-hydrogen) atoms. The molecule has 0 saturated carbocycles. The van der Waals surface area contributed by atoms with Crippen LogP contribution in [-0.2, 0) is 4.79 Å². The molecular formula is C14H12N2O2. The molecule has 0 fully saturated rings. The van der Waals surface area contributed by atoms with Crippen molar-refractivity contribution >= 4 is 11.6 Å². The summed E-state index contributed by atoms with van der Waals surface area (Å²) in [5, 5.41) is 2.66. The summed E-state index contributed by atoms with van der Waals surface area (Å²) >= 11 is 0. The Morgan fingerprint density at radius 2 is 2.00 bits per heavy atom. The number of aromatic nitrogens is 1. The van der Waals surface area contributed by atoms with Gasteiger partial charge in [0, 0.05) is 11.9 Å². The van der Waals surface area contributed by atoms with Gasteiger partial charge in [-0.2, -0.15) is 0 Å². The second-order valence-electron chi connectivity index (χ2n) is 3.51. The number of anilines is 1. The number of benzene rings is 1. The van der Waals surface area contributed by atoms with Crippen LogP contribution in [0.15, 0.2) is 61.4 Å². The van der Waals surface area contributed by atoms with E-state index >= 15 is 0 Å². The van der Waals surface area contributed by atoms with Crippen LogP contribution in [0.5, 0.6) is 11.5 Å². The standard InChI is InChI=1S/C14H12N2O2/c1-2-14(17)16-11-5-7-12(8-6-11)18-13-4-3-9-15-10-13/h2-10H,1H2,(H,16,17). The summed E-state index contributed by atoms with van der Waals surface area (Å²) in [6, 6.07) is 10.7. The minimum atomic E-state index is -0.240. The van der Waals surface area contributed by atoms with Crippen LogP contribution in [0.2, 0.25) is 0 Å². The topological polar surface area (TPSA) is 51.2 Å². The van der Waals surface area contributed by atoms with Gasteiger partial charge < -0.3 is 10.1 Å². The Labute approximate surface area is 105 Å². The highest BCUT2D eigenvalue weighted by Gasteiger charge is 1.99. The quantitative estimate of drug-likeness (QED) is 0.836. The number of hydrogen-bond acceptors (Lipinski definition) is 3. The summed E-state index contributed by atoms with van der Waals surface area (Å²) in [4.78, 5) is 15.0. The van der Waals surface area contributed by atoms with Gasteiger partial charge in [-0.05, 0) is 42.5 Å². The molecule has 0 aliphatic heterocycles. The fourth-order valence-corrected chi connectivity index (χ4v) is 1.34. The number of rotatable bonds is 4. The van der Waals surface area contributed by atoms with Crippen molar-refractivity contribution in [3.63, 3.8) is 0 Å². The van der Waals surface area contributed by atoms with Crippen molar-refractivity contribution in [2.45, 2.75) is 0 Å². The van der Waals surface area contributed by atoms with E-state index in [4.69, 9.17) is 4.74 Å². The van der Waals surface area contributed by atoms with Gasteiger partial charge in [0.2, 0.25) is 5.91 Å². The Bertz CT molecular complexity index is 535. The molecule has 2 rings (SSSR count). The lowest BCUT2D eigenvalue weighted by Crippen LogP contribution is -2.06. The van der Waals surface area contributed by atoms with Crippen molar-refractivity contribution in [2.24, 2.45) is 0 Å². The highest BCUT2D eigenvalue weighted by atomic mass is 16.5. The molecule has 1 N–H and O–H groups in total. The van der Waals surface area contributed by atoms with Gasteiger partial charge in [-0.1, -0.05) is 6.58 Å². The van der Waals surface area contributed by atoms with Gasteiger partial charge in [0.15, 0.2) is 0 Å². The molecule has 1 amide bonds. The number of amides is 1. The summed E-state index contributed by atoms with van der Waals surface area (Å²) in [5.41, 5.74) is 0.693. The summed E-state index contributed by atoms with van der Waals surface area (Å²) < 4.78 is 5.57. The average molecular weight is 240 g/mol. The molecule has 1 aromatic carbocycles. The minimum absolute atomic E-state index is 0.240. The van der Waals surface area contributed by atoms with Gasteiger partial charge in [0.1, 0.15) is 11.5 Å². The zero-order valence-electron chi connectivity index (χ0n) is 9.67. The van der Waals surface area contributed by atoms with Crippen LogP contribution >= 0.6 is 0 Å². The van der Waals surface area contributed by atoms with E-state index in [0.29, 0.717) is 17.2 Å². The number of ether oxygens (including phenoxy) is 1. The van der Waals surface area contributed by atoms with Crippen molar-refractivity contribution in [1.82, 2.24) is 4.98 Å². The molecule has 4 heteroatoms. The van der Waals surface area contributed by atoms with E-state index in [9.17, 15) is 4.79 Å². The second-order valence-corrected chi connectivity index (χ2v) is 3.51. The van der Waals surface area contributed by atoms with Crippen molar-refractivity contribution in [1.29, 1.82) is 0 Å². The van der Waals surface area contributed by atoms with Gasteiger partial charge in [-0.15, -0.1) is 0 Å². The molecule has 2 aromatic rings. The number of nitrogens with zero attached hydrogens (tertiary/aromatic N) is 1. The molecule has 0 radical (unpaired) electrons. The summed E-state index contributed by atoms with van der Waals surface area (Å²) in [7, 11) is 0. The van der Waals surface area contributed by atoms with Crippen LogP contribution in [0.4, 0.5) is 5.69 Å². The Morgan fingerprint density at radius 3 is 2.61 bits per heavy atom. The molecule has 0 bridgehead atoms. The number of carbonyl (C=O) groups excluding carboxylic acids is 1. The average Bonchev–Trinajstić information content (AvgIpc) is 2.42. The SMILES string of the molecule is C=CC(=O)Nc1ccc(Oc2cccnc2)cc1. The predicted molar refractivity (Wildman–Crippen MR) is 69.6 cm³/mol. The maximum atomic E-state index is 11.1. The van der Waals surface area contributed by atoms with E-state index in [-0.39, 0.29) is 5.91 Å². The molecule has 0 spiro atoms. The highest BCUT2D eigenvalue weighted by Crippen LogP contribution is 2.21. The zero-order valence-corrected chi connectivity index (χ0v) is 9.67. The smallest absolute Gasteiger partial charge is 0.247 e. The lowest BCUT2D eigenvalue weighted by Gasteiger charge is -2.06. The largest absolute Gasteiger partial charge is 0.456 e. The van der Waals surface area contributed by atoms with Crippen molar-refractivity contribution in [3.8, 4) is 11.5 Å². The first-order chi connectivity index (χ1) is 8.78. The fraction of sp³-hybridized carbons (Fsp3) is 0. The Hall–Kier alpha value is -2.62. The number of nitrogens with one attached hydrogen (secondary N) is 1. The van der Waals surface area contributed by atoms with Gasteiger partial charge in [0.25, 0.3) is 0 Å². The van der Waals surface area contributed by atoms with E-state index < -0.39 is 0 Å². The number of hydrogen-bond donors (Lipinski definition) is 1. The Balaban J connectivity index is 2.04. The van der Waals surface area contributed by atoms with Crippen LogP contribution in [0.25, 0.3) is 0 Å². The van der Waals surface area contributed by atoms with Gasteiger partial charge in [0.05, 0.1) is 6.20 Å². The van der Waals surface area contributed by atoms with Crippen LogP contribution < -0.4 is 10.1 Å². The van der Waals surface area contributed by atoms with Crippen LogP contribution in [-0.4, -0.2) is 10.9 Å². The molecule has 1 heterocycles. The third-order valence-corrected chi connectivity index (χ3v) is 2.18. The first-order valence-electron chi connectivity index (χ1n) is 5.39. The first kappa shape index (κ1) is 11.9. The maximum Gasteiger partial charge on any atom is 0.247 e. The van der Waals surface area contributed by atoms with Gasteiger partial charge in [-0.3, -0.25) is 9.78 Å². The van der Waals surface area contributed by atoms with E-state index in [0.717, 1.165) is 0 Å². The number of carbonyl (C=O) groups is 1. The fourth-order valence-electron chi connectivity index (χ4n) is 1.34. The second kappa shape index (κ2) is 5.63. The molecule has 0 atom stereocenters. The van der Waals surface area contributed by atoms with Crippen LogP contribution in [0, 0.1) is 0 Å². The molecule has 1 aromatic heterocycles. The first-order valence-corrected chi connectivity index (χ1v) is 5.39. The maximum absolute atomic E-state index is 11.1. The monoisotopic (exact) mass is 240 g/mol. The predicted octanol–water partition coefficient (Wildman–Crippen LogP) is 3.00. The molecule has 0 aliphatic carbocycles. The summed E-state index contributed by atoms with van der Waals surface area (Å²) in [5.74, 6) is 1.11. The van der Waals surface area contributed by atoms with Gasteiger partial charge in [-0.25, -0.2) is 0 Å². The normalized spacial score (nSPS) is 9.56. The molecule has 0 aliphatic rings. The summed E-state index contributed by atoms with van der Waals surface area (Å²) in [6.07, 6.45) is 4.54. The van der Waals surface area contributed by atoms with Crippen LogP contribution in [0.1, 0.15) is 0 Å². The number of pyridine rings is 1. The summed E-state index contributed by atoms with van der Waals surface area (Å²) in [6.45, 7) is 3.39. The Kier molecular flexibility index (Phi) is 3.71. The van der Waals surface area contributed by atoms with Crippen molar-refractivity contribution < 1.29 is 9.53 Å². The molecular weight excluding hydrogens is 228 g/mol. The van der Waals surface area contributed by atoms with Gasteiger partial charge >= 0.3 is 0 Å². The molecule has 90 valence electrons. The van der Waals surface area contributed by atoms with Crippen molar-refractivity contribution in [3.05, 3.63) is 61.4 Å². The lowest BCUT2D eigenvalue weighted by atomic mass is 10.3. The zero-order chi connectivity index (χ0) is 12.8. The third-order valence-electron chi connectivity index (χ3n) is 2.18. The highest BCUT2D eigenvalue weighted by molar-refractivity contribution is 5.98. The van der Waals surface area contributed by atoms with E-state index in [1.807, 2.05) is 6.07 Å². The minimum Gasteiger partial charge on any atom is -0.456 e. The molecule has 0 unspecified atom stereocenters. The molecule has 0 saturated heterocycles. The van der Waals surface area contributed by atoms with E-state index in [2.05, 4.69) is 16.9 Å². The van der Waals surface area contributed by atoms with E-state index in [1.165, 1.54) is 6.08 Å². The lowest BCUT2D eigenvalue weighted by molar-refractivity contribution is -0.111.